The maximum absolute atomic E-state index is 13.5. The summed E-state index contributed by atoms with van der Waals surface area (Å²) >= 11 is 5.72. The first kappa shape index (κ1) is 13.4. The van der Waals surface area contributed by atoms with Crippen molar-refractivity contribution in [1.82, 2.24) is 4.90 Å². The molecule has 2 rings (SSSR count). The molecule has 1 saturated heterocycles. The predicted molar refractivity (Wildman–Crippen MR) is 74.7 cm³/mol. The molecule has 1 fully saturated rings. The summed E-state index contributed by atoms with van der Waals surface area (Å²) in [5, 5.41) is 0.0769. The molecule has 0 spiro atoms. The van der Waals surface area contributed by atoms with Crippen molar-refractivity contribution >= 4 is 23.0 Å². The van der Waals surface area contributed by atoms with E-state index in [2.05, 4.69) is 16.8 Å². The van der Waals surface area contributed by atoms with Crippen LogP contribution in [0, 0.1) is 5.82 Å². The molecule has 100 valence electrons. The van der Waals surface area contributed by atoms with Gasteiger partial charge in [-0.1, -0.05) is 11.6 Å². The summed E-state index contributed by atoms with van der Waals surface area (Å²) < 4.78 is 13.5. The zero-order valence-electron chi connectivity index (χ0n) is 10.8. The van der Waals surface area contributed by atoms with Crippen LogP contribution in [-0.4, -0.2) is 38.1 Å². The Labute approximate surface area is 112 Å². The molecule has 2 N–H and O–H groups in total. The number of benzene rings is 1. The van der Waals surface area contributed by atoms with Crippen molar-refractivity contribution in [2.45, 2.75) is 18.9 Å². The first-order chi connectivity index (χ1) is 8.49. The quantitative estimate of drug-likeness (QED) is 0.840. The predicted octanol–water partition coefficient (Wildman–Crippen LogP) is 2.59. The van der Waals surface area contributed by atoms with E-state index in [1.54, 1.807) is 0 Å². The Bertz CT molecular complexity index is 430. The van der Waals surface area contributed by atoms with E-state index in [4.69, 9.17) is 17.3 Å². The number of hydrogen-bond acceptors (Lipinski definition) is 3. The Morgan fingerprint density at radius 2 is 2.00 bits per heavy atom. The topological polar surface area (TPSA) is 32.5 Å². The van der Waals surface area contributed by atoms with Crippen molar-refractivity contribution in [3.63, 3.8) is 0 Å². The van der Waals surface area contributed by atoms with Crippen LogP contribution in [0.5, 0.6) is 0 Å². The fourth-order valence-corrected chi connectivity index (χ4v) is 2.61. The van der Waals surface area contributed by atoms with Gasteiger partial charge in [-0.25, -0.2) is 4.39 Å². The smallest absolute Gasteiger partial charge is 0.144 e. The van der Waals surface area contributed by atoms with Crippen LogP contribution >= 0.6 is 11.6 Å². The molecule has 0 aliphatic carbocycles. The molecule has 1 aliphatic heterocycles. The largest absolute Gasteiger partial charge is 0.397 e. The second kappa shape index (κ2) is 5.33. The molecule has 5 heteroatoms. The normalized spacial score (nSPS) is 18.0. The Morgan fingerprint density at radius 1 is 1.39 bits per heavy atom. The maximum atomic E-state index is 13.5. The monoisotopic (exact) mass is 271 g/mol. The second-order valence-electron chi connectivity index (χ2n) is 4.97. The molecule has 0 atom stereocenters. The number of nitrogens with two attached hydrogens (primary N) is 1. The number of nitrogen functional groups attached to an aromatic ring is 1. The molecular formula is C13H19ClFN3. The van der Waals surface area contributed by atoms with E-state index in [1.165, 1.54) is 12.1 Å². The van der Waals surface area contributed by atoms with Gasteiger partial charge in [-0.15, -0.1) is 0 Å². The molecule has 3 nitrogen and oxygen atoms in total. The highest BCUT2D eigenvalue weighted by atomic mass is 35.5. The molecule has 1 aromatic rings. The number of nitrogens with zero attached hydrogens (tertiary/aromatic N) is 2. The first-order valence-electron chi connectivity index (χ1n) is 6.15. The number of halogens is 2. The van der Waals surface area contributed by atoms with Crippen LogP contribution in [0.25, 0.3) is 0 Å². The average molecular weight is 272 g/mol. The lowest BCUT2D eigenvalue weighted by Gasteiger charge is -2.36. The number of anilines is 2. The molecule has 0 amide bonds. The number of rotatable bonds is 2. The van der Waals surface area contributed by atoms with Crippen LogP contribution in [0.1, 0.15) is 12.8 Å². The minimum absolute atomic E-state index is 0.0769. The van der Waals surface area contributed by atoms with E-state index in [0.717, 1.165) is 31.6 Å². The van der Waals surface area contributed by atoms with E-state index in [1.807, 2.05) is 7.05 Å². The summed E-state index contributed by atoms with van der Waals surface area (Å²) in [6.07, 6.45) is 2.13. The maximum Gasteiger partial charge on any atom is 0.144 e. The van der Waals surface area contributed by atoms with E-state index in [0.29, 0.717) is 11.7 Å². The van der Waals surface area contributed by atoms with Crippen molar-refractivity contribution < 1.29 is 4.39 Å². The lowest BCUT2D eigenvalue weighted by molar-refractivity contribution is 0.253. The highest BCUT2D eigenvalue weighted by molar-refractivity contribution is 6.31. The standard InChI is InChI=1S/C13H19ClFN3/c1-17-5-3-9(4-6-17)18(2)13-8-11(15)10(14)7-12(13)16/h7-9H,3-6,16H2,1-2H3. The van der Waals surface area contributed by atoms with Crippen molar-refractivity contribution in [2.24, 2.45) is 0 Å². The third kappa shape index (κ3) is 2.70. The van der Waals surface area contributed by atoms with Crippen LogP contribution in [-0.2, 0) is 0 Å². The van der Waals surface area contributed by atoms with Gasteiger partial charge in [0.15, 0.2) is 0 Å². The molecule has 0 radical (unpaired) electrons. The number of piperidine rings is 1. The fraction of sp³-hybridized carbons (Fsp3) is 0.538. The van der Waals surface area contributed by atoms with Crippen molar-refractivity contribution in [2.75, 3.05) is 37.8 Å². The molecule has 0 aromatic heterocycles. The molecule has 0 unspecified atom stereocenters. The fourth-order valence-electron chi connectivity index (χ4n) is 2.44. The minimum Gasteiger partial charge on any atom is -0.397 e. The van der Waals surface area contributed by atoms with Crippen LogP contribution in [0.3, 0.4) is 0 Å². The molecule has 1 aromatic carbocycles. The van der Waals surface area contributed by atoms with Gasteiger partial charge in [-0.3, -0.25) is 0 Å². The van der Waals surface area contributed by atoms with Gasteiger partial charge in [-0.05, 0) is 39.0 Å². The van der Waals surface area contributed by atoms with Crippen LogP contribution in [0.4, 0.5) is 15.8 Å². The van der Waals surface area contributed by atoms with Gasteiger partial charge in [0.25, 0.3) is 0 Å². The summed E-state index contributed by atoms with van der Waals surface area (Å²) in [4.78, 5) is 4.37. The Hall–Kier alpha value is -1.00. The minimum atomic E-state index is -0.416. The second-order valence-corrected chi connectivity index (χ2v) is 5.38. The molecular weight excluding hydrogens is 253 g/mol. The third-order valence-electron chi connectivity index (χ3n) is 3.69. The van der Waals surface area contributed by atoms with E-state index < -0.39 is 5.82 Å². The SMILES string of the molecule is CN1CCC(N(C)c2cc(F)c(Cl)cc2N)CC1. The summed E-state index contributed by atoms with van der Waals surface area (Å²) in [5.74, 6) is -0.416. The van der Waals surface area contributed by atoms with Gasteiger partial charge in [0.05, 0.1) is 16.4 Å². The van der Waals surface area contributed by atoms with E-state index in [-0.39, 0.29) is 5.02 Å². The van der Waals surface area contributed by atoms with Crippen molar-refractivity contribution in [3.8, 4) is 0 Å². The summed E-state index contributed by atoms with van der Waals surface area (Å²) in [7, 11) is 4.08. The number of hydrogen-bond donors (Lipinski definition) is 1. The van der Waals surface area contributed by atoms with Gasteiger partial charge in [0, 0.05) is 19.2 Å². The Balaban J connectivity index is 2.18. The molecule has 0 saturated carbocycles. The average Bonchev–Trinajstić information content (AvgIpc) is 2.34. The number of likely N-dealkylation sites (tertiary alicyclic amines) is 1. The Kier molecular flexibility index (Phi) is 3.97. The zero-order chi connectivity index (χ0) is 13.3. The lowest BCUT2D eigenvalue weighted by Crippen LogP contribution is -2.42. The molecule has 1 heterocycles. The van der Waals surface area contributed by atoms with E-state index >= 15 is 0 Å². The lowest BCUT2D eigenvalue weighted by atomic mass is 10.0. The first-order valence-corrected chi connectivity index (χ1v) is 6.52. The molecule has 18 heavy (non-hydrogen) atoms. The highest BCUT2D eigenvalue weighted by Gasteiger charge is 2.22. The van der Waals surface area contributed by atoms with E-state index in [9.17, 15) is 4.39 Å². The van der Waals surface area contributed by atoms with Crippen LogP contribution in [0.15, 0.2) is 12.1 Å². The zero-order valence-corrected chi connectivity index (χ0v) is 11.5. The van der Waals surface area contributed by atoms with Gasteiger partial charge >= 0.3 is 0 Å². The summed E-state index contributed by atoms with van der Waals surface area (Å²) in [6.45, 7) is 2.12. The van der Waals surface area contributed by atoms with Crippen molar-refractivity contribution in [1.29, 1.82) is 0 Å². The van der Waals surface area contributed by atoms with Crippen molar-refractivity contribution in [3.05, 3.63) is 23.0 Å². The molecule has 0 bridgehead atoms. The highest BCUT2D eigenvalue weighted by Crippen LogP contribution is 2.31. The van der Waals surface area contributed by atoms with Gasteiger partial charge in [0.2, 0.25) is 0 Å². The van der Waals surface area contributed by atoms with Gasteiger partial charge in [0.1, 0.15) is 5.82 Å². The summed E-state index contributed by atoms with van der Waals surface area (Å²) in [6, 6.07) is 3.32. The molecule has 1 aliphatic rings. The van der Waals surface area contributed by atoms with Gasteiger partial charge < -0.3 is 15.5 Å². The van der Waals surface area contributed by atoms with Crippen LogP contribution in [0.2, 0.25) is 5.02 Å². The van der Waals surface area contributed by atoms with Gasteiger partial charge in [-0.2, -0.15) is 0 Å². The Morgan fingerprint density at radius 3 is 2.61 bits per heavy atom. The summed E-state index contributed by atoms with van der Waals surface area (Å²) in [5.41, 5.74) is 7.18. The third-order valence-corrected chi connectivity index (χ3v) is 3.98. The van der Waals surface area contributed by atoms with Crippen LogP contribution < -0.4 is 10.6 Å².